The maximum atomic E-state index is 12.8. The number of aryl methyl sites for hydroxylation is 2. The summed E-state index contributed by atoms with van der Waals surface area (Å²) in [4.78, 5) is 13.5. The van der Waals surface area contributed by atoms with Gasteiger partial charge in [-0.3, -0.25) is 4.79 Å². The van der Waals surface area contributed by atoms with Crippen LogP contribution in [-0.4, -0.2) is 40.8 Å². The molecule has 22 heavy (non-hydrogen) atoms. The van der Waals surface area contributed by atoms with Crippen molar-refractivity contribution in [3.8, 4) is 0 Å². The van der Waals surface area contributed by atoms with Gasteiger partial charge in [0.05, 0.1) is 6.54 Å². The number of nitrogens with zero attached hydrogens (tertiary/aromatic N) is 1. The minimum absolute atomic E-state index is 0.0775. The Morgan fingerprint density at radius 2 is 1.86 bits per heavy atom. The summed E-state index contributed by atoms with van der Waals surface area (Å²) < 4.78 is 38.5. The minimum Gasteiger partial charge on any atom is -0.379 e. The number of rotatable bonds is 1. The Morgan fingerprint density at radius 3 is 2.50 bits per heavy atom. The van der Waals surface area contributed by atoms with Gasteiger partial charge < -0.3 is 10.0 Å². The summed E-state index contributed by atoms with van der Waals surface area (Å²) in [5.74, 6) is -0.437. The van der Waals surface area contributed by atoms with Gasteiger partial charge in [-0.2, -0.15) is 13.2 Å². The summed E-state index contributed by atoms with van der Waals surface area (Å²) in [5.41, 5.74) is -0.0397. The van der Waals surface area contributed by atoms with E-state index in [-0.39, 0.29) is 6.54 Å². The van der Waals surface area contributed by atoms with Gasteiger partial charge in [0.15, 0.2) is 5.60 Å². The van der Waals surface area contributed by atoms with Crippen molar-refractivity contribution < 1.29 is 23.1 Å². The van der Waals surface area contributed by atoms with E-state index in [0.717, 1.165) is 36.1 Å². The maximum Gasteiger partial charge on any atom is 0.419 e. The third kappa shape index (κ3) is 2.60. The highest BCUT2D eigenvalue weighted by molar-refractivity contribution is 5.94. The molecule has 6 heteroatoms. The van der Waals surface area contributed by atoms with Gasteiger partial charge in [-0.05, 0) is 48.9 Å². The van der Waals surface area contributed by atoms with E-state index >= 15 is 0 Å². The highest BCUT2D eigenvalue weighted by Crippen LogP contribution is 2.38. The Labute approximate surface area is 126 Å². The first kappa shape index (κ1) is 15.3. The second-order valence-electron chi connectivity index (χ2n) is 6.20. The van der Waals surface area contributed by atoms with Gasteiger partial charge in [0.1, 0.15) is 0 Å². The monoisotopic (exact) mass is 313 g/mol. The van der Waals surface area contributed by atoms with Gasteiger partial charge in [-0.25, -0.2) is 0 Å². The van der Waals surface area contributed by atoms with Crippen LogP contribution in [0, 0.1) is 0 Å². The number of hydrogen-bond donors (Lipinski definition) is 1. The van der Waals surface area contributed by atoms with Crippen molar-refractivity contribution in [3.05, 3.63) is 34.9 Å². The molecule has 1 aliphatic heterocycles. The Hall–Kier alpha value is -1.56. The molecule has 1 amide bonds. The van der Waals surface area contributed by atoms with Gasteiger partial charge in [0.25, 0.3) is 5.91 Å². The van der Waals surface area contributed by atoms with Crippen LogP contribution in [0.1, 0.15) is 40.7 Å². The molecule has 3 rings (SSSR count). The zero-order valence-corrected chi connectivity index (χ0v) is 12.1. The zero-order chi connectivity index (χ0) is 16.0. The number of alkyl halides is 3. The molecule has 0 saturated carbocycles. The van der Waals surface area contributed by atoms with Crippen LogP contribution in [0.15, 0.2) is 18.2 Å². The van der Waals surface area contributed by atoms with Gasteiger partial charge in [-0.15, -0.1) is 0 Å². The lowest BCUT2D eigenvalue weighted by molar-refractivity contribution is -0.253. The number of aliphatic hydroxyl groups is 1. The van der Waals surface area contributed by atoms with Crippen LogP contribution in [0.2, 0.25) is 0 Å². The van der Waals surface area contributed by atoms with E-state index in [9.17, 15) is 23.1 Å². The van der Waals surface area contributed by atoms with Gasteiger partial charge in [-0.1, -0.05) is 6.07 Å². The minimum atomic E-state index is -4.71. The van der Waals surface area contributed by atoms with Crippen molar-refractivity contribution in [1.82, 2.24) is 4.90 Å². The molecule has 0 unspecified atom stereocenters. The highest BCUT2D eigenvalue weighted by atomic mass is 19.4. The van der Waals surface area contributed by atoms with Crippen molar-refractivity contribution in [2.75, 3.05) is 13.1 Å². The largest absolute Gasteiger partial charge is 0.419 e. The van der Waals surface area contributed by atoms with Gasteiger partial charge >= 0.3 is 6.18 Å². The molecule has 3 nitrogen and oxygen atoms in total. The molecule has 0 bridgehead atoms. The van der Waals surface area contributed by atoms with E-state index in [2.05, 4.69) is 0 Å². The number of likely N-dealkylation sites (tertiary alicyclic amines) is 1. The average molecular weight is 313 g/mol. The Morgan fingerprint density at radius 1 is 1.18 bits per heavy atom. The fourth-order valence-electron chi connectivity index (χ4n) is 3.25. The van der Waals surface area contributed by atoms with E-state index in [1.807, 2.05) is 6.07 Å². The van der Waals surface area contributed by atoms with Crippen molar-refractivity contribution >= 4 is 5.91 Å². The number of carbonyl (C=O) groups excluding carboxylic acids is 1. The molecule has 120 valence electrons. The lowest BCUT2D eigenvalue weighted by Crippen LogP contribution is -2.48. The molecule has 1 saturated heterocycles. The lowest BCUT2D eigenvalue weighted by Gasteiger charge is -2.26. The van der Waals surface area contributed by atoms with Crippen LogP contribution < -0.4 is 0 Å². The Bertz CT molecular complexity index is 600. The molecule has 2 aliphatic rings. The first-order valence-corrected chi connectivity index (χ1v) is 7.50. The number of β-amino-alcohol motifs (C(OH)–C–C–N with tert-alkyl or cyclic N) is 1. The van der Waals surface area contributed by atoms with E-state index in [0.29, 0.717) is 5.56 Å². The number of halogens is 3. The first-order valence-electron chi connectivity index (χ1n) is 7.50. The molecule has 1 atom stereocenters. The van der Waals surface area contributed by atoms with E-state index in [4.69, 9.17) is 0 Å². The van der Waals surface area contributed by atoms with Crippen molar-refractivity contribution in [1.29, 1.82) is 0 Å². The second-order valence-corrected chi connectivity index (χ2v) is 6.20. The maximum absolute atomic E-state index is 12.8. The lowest BCUT2D eigenvalue weighted by atomic mass is 9.90. The summed E-state index contributed by atoms with van der Waals surface area (Å²) in [6.45, 7) is -0.766. The van der Waals surface area contributed by atoms with E-state index in [1.165, 1.54) is 5.56 Å². The summed E-state index contributed by atoms with van der Waals surface area (Å²) >= 11 is 0. The van der Waals surface area contributed by atoms with Crippen LogP contribution in [0.4, 0.5) is 13.2 Å². The van der Waals surface area contributed by atoms with Crippen molar-refractivity contribution in [2.24, 2.45) is 0 Å². The molecule has 1 N–H and O–H groups in total. The predicted octanol–water partition coefficient (Wildman–Crippen LogP) is 2.70. The van der Waals surface area contributed by atoms with E-state index < -0.39 is 30.7 Å². The number of amides is 1. The van der Waals surface area contributed by atoms with E-state index in [1.54, 1.807) is 12.1 Å². The standard InChI is InChI=1S/C16H18F3NO2/c17-16(18,19)15(22)7-8-20(10-15)14(21)13-6-5-11-3-1-2-4-12(11)9-13/h5-6,9,22H,1-4,7-8,10H2/t15-/m0/s1. The molecular weight excluding hydrogens is 295 g/mol. The molecule has 1 aromatic carbocycles. The van der Waals surface area contributed by atoms with Gasteiger partial charge in [0.2, 0.25) is 0 Å². The Kier molecular flexibility index (Phi) is 3.67. The van der Waals surface area contributed by atoms with Crippen LogP contribution in [-0.2, 0) is 12.8 Å². The molecule has 0 aromatic heterocycles. The number of carbonyl (C=O) groups is 1. The SMILES string of the molecule is O=C(c1ccc2c(c1)CCCC2)N1CC[C@@](O)(C(F)(F)F)C1. The molecule has 1 aromatic rings. The number of benzene rings is 1. The predicted molar refractivity (Wildman–Crippen MR) is 74.6 cm³/mol. The molecular formula is C16H18F3NO2. The van der Waals surface area contributed by atoms with Crippen LogP contribution in [0.5, 0.6) is 0 Å². The second kappa shape index (κ2) is 5.26. The van der Waals surface area contributed by atoms with Crippen molar-refractivity contribution in [2.45, 2.75) is 43.9 Å². The molecule has 1 heterocycles. The smallest absolute Gasteiger partial charge is 0.379 e. The number of fused-ring (bicyclic) bond motifs is 1. The molecule has 0 radical (unpaired) electrons. The fraction of sp³-hybridized carbons (Fsp3) is 0.562. The van der Waals surface area contributed by atoms with Crippen molar-refractivity contribution in [3.63, 3.8) is 0 Å². The highest BCUT2D eigenvalue weighted by Gasteiger charge is 2.57. The van der Waals surface area contributed by atoms with Crippen LogP contribution in [0.25, 0.3) is 0 Å². The molecule has 1 aliphatic carbocycles. The summed E-state index contributed by atoms with van der Waals surface area (Å²) in [6, 6.07) is 5.37. The number of hydrogen-bond acceptors (Lipinski definition) is 2. The third-order valence-corrected chi connectivity index (χ3v) is 4.66. The van der Waals surface area contributed by atoms with Crippen LogP contribution >= 0.6 is 0 Å². The molecule has 1 fully saturated rings. The third-order valence-electron chi connectivity index (χ3n) is 4.66. The first-order chi connectivity index (χ1) is 10.3. The summed E-state index contributed by atoms with van der Waals surface area (Å²) in [7, 11) is 0. The average Bonchev–Trinajstić information content (AvgIpc) is 2.89. The Balaban J connectivity index is 1.78. The topological polar surface area (TPSA) is 40.5 Å². The fourth-order valence-corrected chi connectivity index (χ4v) is 3.25. The molecule has 0 spiro atoms. The van der Waals surface area contributed by atoms with Crippen LogP contribution in [0.3, 0.4) is 0 Å². The quantitative estimate of drug-likeness (QED) is 0.866. The van der Waals surface area contributed by atoms with Gasteiger partial charge in [0, 0.05) is 18.5 Å². The summed E-state index contributed by atoms with van der Waals surface area (Å²) in [5, 5.41) is 9.67. The summed E-state index contributed by atoms with van der Waals surface area (Å²) in [6.07, 6.45) is -1.08. The zero-order valence-electron chi connectivity index (χ0n) is 12.1. The normalized spacial score (nSPS) is 25.2.